The molecule has 3 aromatic rings. The predicted molar refractivity (Wildman–Crippen MR) is 103 cm³/mol. The van der Waals surface area contributed by atoms with Crippen molar-refractivity contribution in [3.05, 3.63) is 64.8 Å². The van der Waals surface area contributed by atoms with Crippen LogP contribution >= 0.6 is 11.6 Å². The Balaban J connectivity index is 1.85. The monoisotopic (exact) mass is 354 g/mol. The van der Waals surface area contributed by atoms with Gasteiger partial charge in [-0.15, -0.1) is 0 Å². The molecule has 5 nitrogen and oxygen atoms in total. The van der Waals surface area contributed by atoms with Gasteiger partial charge in [-0.2, -0.15) is 4.98 Å². The molecule has 0 atom stereocenters. The Hall–Kier alpha value is -2.79. The van der Waals surface area contributed by atoms with Gasteiger partial charge >= 0.3 is 0 Å². The van der Waals surface area contributed by atoms with Crippen LogP contribution in [0.2, 0.25) is 5.02 Å². The number of methoxy groups -OCH3 is 1. The molecule has 0 bridgehead atoms. The van der Waals surface area contributed by atoms with E-state index < -0.39 is 0 Å². The van der Waals surface area contributed by atoms with Crippen molar-refractivity contribution in [3.63, 3.8) is 0 Å². The molecule has 128 valence electrons. The number of aryl methyl sites for hydroxylation is 2. The lowest BCUT2D eigenvalue weighted by molar-refractivity contribution is 0.417. The van der Waals surface area contributed by atoms with Gasteiger partial charge in [-0.1, -0.05) is 23.7 Å². The Labute approximate surface area is 152 Å². The average molecular weight is 355 g/mol. The Morgan fingerprint density at radius 2 is 1.80 bits per heavy atom. The normalized spacial score (nSPS) is 10.4. The second-order valence-electron chi connectivity index (χ2n) is 5.68. The highest BCUT2D eigenvalue weighted by Crippen LogP contribution is 2.30. The summed E-state index contributed by atoms with van der Waals surface area (Å²) < 4.78 is 5.35. The summed E-state index contributed by atoms with van der Waals surface area (Å²) >= 11 is 6.07. The van der Waals surface area contributed by atoms with Gasteiger partial charge in [0.2, 0.25) is 5.95 Å². The van der Waals surface area contributed by atoms with Gasteiger partial charge < -0.3 is 15.4 Å². The molecule has 0 amide bonds. The van der Waals surface area contributed by atoms with E-state index in [1.54, 1.807) is 37.6 Å². The van der Waals surface area contributed by atoms with E-state index in [-0.39, 0.29) is 0 Å². The summed E-state index contributed by atoms with van der Waals surface area (Å²) in [4.78, 5) is 8.79. The summed E-state index contributed by atoms with van der Waals surface area (Å²) in [7, 11) is 1.61. The van der Waals surface area contributed by atoms with Crippen molar-refractivity contribution in [2.75, 3.05) is 17.7 Å². The number of nitrogens with one attached hydrogen (secondary N) is 2. The second-order valence-corrected chi connectivity index (χ2v) is 6.11. The highest BCUT2D eigenvalue weighted by atomic mass is 35.5. The third kappa shape index (κ3) is 4.19. The van der Waals surface area contributed by atoms with Crippen LogP contribution in [0.4, 0.5) is 23.1 Å². The Bertz CT molecular complexity index is 898. The largest absolute Gasteiger partial charge is 0.495 e. The Kier molecular flexibility index (Phi) is 5.05. The van der Waals surface area contributed by atoms with Crippen molar-refractivity contribution >= 4 is 34.7 Å². The molecule has 1 heterocycles. The van der Waals surface area contributed by atoms with Gasteiger partial charge in [-0.25, -0.2) is 4.98 Å². The van der Waals surface area contributed by atoms with E-state index in [1.165, 1.54) is 5.56 Å². The smallest absolute Gasteiger partial charge is 0.229 e. The topological polar surface area (TPSA) is 59.1 Å². The number of aromatic nitrogens is 2. The molecule has 0 radical (unpaired) electrons. The summed E-state index contributed by atoms with van der Waals surface area (Å²) in [6.45, 7) is 4.09. The summed E-state index contributed by atoms with van der Waals surface area (Å²) in [6.07, 6.45) is 1.69. The van der Waals surface area contributed by atoms with Gasteiger partial charge in [0, 0.05) is 16.9 Å². The summed E-state index contributed by atoms with van der Waals surface area (Å²) in [5.74, 6) is 1.84. The van der Waals surface area contributed by atoms with Crippen molar-refractivity contribution in [1.29, 1.82) is 0 Å². The molecule has 0 aliphatic rings. The van der Waals surface area contributed by atoms with E-state index in [4.69, 9.17) is 16.3 Å². The van der Waals surface area contributed by atoms with Gasteiger partial charge in [0.05, 0.1) is 12.8 Å². The van der Waals surface area contributed by atoms with Crippen molar-refractivity contribution in [2.45, 2.75) is 13.8 Å². The molecule has 0 saturated carbocycles. The van der Waals surface area contributed by atoms with Crippen LogP contribution < -0.4 is 15.4 Å². The molecule has 0 aliphatic carbocycles. The van der Waals surface area contributed by atoms with Crippen LogP contribution in [-0.2, 0) is 0 Å². The first-order valence-electron chi connectivity index (χ1n) is 7.83. The SMILES string of the molecule is COc1ccc(Cl)cc1Nc1ccnc(Nc2cc(C)ccc2C)n1. The van der Waals surface area contributed by atoms with Gasteiger partial charge in [0.1, 0.15) is 11.6 Å². The number of benzene rings is 2. The lowest BCUT2D eigenvalue weighted by Gasteiger charge is -2.13. The number of hydrogen-bond acceptors (Lipinski definition) is 5. The van der Waals surface area contributed by atoms with Crippen LogP contribution in [0.1, 0.15) is 11.1 Å². The maximum Gasteiger partial charge on any atom is 0.229 e. The molecule has 0 aliphatic heterocycles. The minimum absolute atomic E-state index is 0.514. The van der Waals surface area contributed by atoms with Gasteiger partial charge in [-0.3, -0.25) is 0 Å². The van der Waals surface area contributed by atoms with E-state index in [1.807, 2.05) is 6.92 Å². The first-order valence-corrected chi connectivity index (χ1v) is 8.21. The number of halogens is 1. The number of anilines is 4. The van der Waals surface area contributed by atoms with Crippen LogP contribution in [0.5, 0.6) is 5.75 Å². The highest BCUT2D eigenvalue weighted by Gasteiger charge is 2.07. The lowest BCUT2D eigenvalue weighted by Crippen LogP contribution is -2.02. The predicted octanol–water partition coefficient (Wildman–Crippen LogP) is 5.24. The van der Waals surface area contributed by atoms with Crippen molar-refractivity contribution in [3.8, 4) is 5.75 Å². The number of nitrogens with zero attached hydrogens (tertiary/aromatic N) is 2. The Morgan fingerprint density at radius 3 is 2.60 bits per heavy atom. The van der Waals surface area contributed by atoms with Gasteiger partial charge in [0.15, 0.2) is 0 Å². The molecule has 0 saturated heterocycles. The quantitative estimate of drug-likeness (QED) is 0.656. The average Bonchev–Trinajstić information content (AvgIpc) is 2.59. The molecule has 0 fully saturated rings. The van der Waals surface area contributed by atoms with Gasteiger partial charge in [0.25, 0.3) is 0 Å². The summed E-state index contributed by atoms with van der Waals surface area (Å²) in [6, 6.07) is 13.4. The zero-order valence-electron chi connectivity index (χ0n) is 14.3. The zero-order valence-corrected chi connectivity index (χ0v) is 15.1. The zero-order chi connectivity index (χ0) is 17.8. The molecular formula is C19H19ClN4O. The first kappa shape index (κ1) is 17.0. The van der Waals surface area contributed by atoms with E-state index >= 15 is 0 Å². The molecule has 0 spiro atoms. The molecule has 0 unspecified atom stereocenters. The molecule has 1 aromatic heterocycles. The van der Waals surface area contributed by atoms with Crippen molar-refractivity contribution in [1.82, 2.24) is 9.97 Å². The standard InChI is InChI=1S/C19H19ClN4O/c1-12-4-5-13(2)15(10-12)23-19-21-9-8-18(24-19)22-16-11-14(20)6-7-17(16)25-3/h4-11H,1-3H3,(H2,21,22,23,24). The van der Waals surface area contributed by atoms with Crippen LogP contribution in [0.25, 0.3) is 0 Å². The van der Waals surface area contributed by atoms with Crippen LogP contribution in [-0.4, -0.2) is 17.1 Å². The van der Waals surface area contributed by atoms with Crippen LogP contribution in [0.15, 0.2) is 48.7 Å². The minimum atomic E-state index is 0.514. The number of rotatable bonds is 5. The number of hydrogen-bond donors (Lipinski definition) is 2. The fraction of sp³-hybridized carbons (Fsp3) is 0.158. The van der Waals surface area contributed by atoms with Crippen LogP contribution in [0, 0.1) is 13.8 Å². The molecule has 2 N–H and O–H groups in total. The number of ether oxygens (including phenoxy) is 1. The summed E-state index contributed by atoms with van der Waals surface area (Å²) in [5.41, 5.74) is 4.03. The van der Waals surface area contributed by atoms with Crippen molar-refractivity contribution < 1.29 is 4.74 Å². The molecule has 25 heavy (non-hydrogen) atoms. The molecular weight excluding hydrogens is 336 g/mol. The Morgan fingerprint density at radius 1 is 0.960 bits per heavy atom. The van der Waals surface area contributed by atoms with E-state index in [0.717, 1.165) is 16.9 Å². The fourth-order valence-corrected chi connectivity index (χ4v) is 2.57. The third-order valence-electron chi connectivity index (χ3n) is 3.72. The van der Waals surface area contributed by atoms with E-state index in [9.17, 15) is 0 Å². The molecule has 2 aromatic carbocycles. The van der Waals surface area contributed by atoms with Crippen molar-refractivity contribution in [2.24, 2.45) is 0 Å². The summed E-state index contributed by atoms with van der Waals surface area (Å²) in [5, 5.41) is 7.09. The molecule has 6 heteroatoms. The first-order chi connectivity index (χ1) is 12.0. The fourth-order valence-electron chi connectivity index (χ4n) is 2.40. The second kappa shape index (κ2) is 7.40. The molecule has 3 rings (SSSR count). The highest BCUT2D eigenvalue weighted by molar-refractivity contribution is 6.31. The van der Waals surface area contributed by atoms with Crippen LogP contribution in [0.3, 0.4) is 0 Å². The maximum absolute atomic E-state index is 6.07. The minimum Gasteiger partial charge on any atom is -0.495 e. The van der Waals surface area contributed by atoms with E-state index in [2.05, 4.69) is 45.7 Å². The third-order valence-corrected chi connectivity index (χ3v) is 3.95. The maximum atomic E-state index is 6.07. The lowest BCUT2D eigenvalue weighted by atomic mass is 10.1. The van der Waals surface area contributed by atoms with E-state index in [0.29, 0.717) is 22.5 Å². The van der Waals surface area contributed by atoms with Gasteiger partial charge in [-0.05, 0) is 55.3 Å².